The number of nitrogens with one attached hydrogen (secondary N) is 1. The van der Waals surface area contributed by atoms with Crippen LogP contribution in [0.5, 0.6) is 0 Å². The van der Waals surface area contributed by atoms with Crippen LogP contribution in [0.4, 0.5) is 5.69 Å². The zero-order chi connectivity index (χ0) is 16.0. The number of carbonyl (C=O) groups is 2. The van der Waals surface area contributed by atoms with Crippen molar-refractivity contribution in [2.24, 2.45) is 0 Å². The van der Waals surface area contributed by atoms with Crippen LogP contribution in [0.3, 0.4) is 0 Å². The fourth-order valence-electron chi connectivity index (χ4n) is 1.92. The Balaban J connectivity index is 2.73. The summed E-state index contributed by atoms with van der Waals surface area (Å²) in [5, 5.41) is 22.1. The fraction of sp³-hybridized carbons (Fsp3) is 0.429. The number of carbonyl (C=O) groups excluding carboxylic acids is 1. The molecular weight excluding hydrogens is 276 g/mol. The van der Waals surface area contributed by atoms with Gasteiger partial charge < -0.3 is 10.4 Å². The quantitative estimate of drug-likeness (QED) is 0.592. The van der Waals surface area contributed by atoms with Gasteiger partial charge in [0.25, 0.3) is 11.6 Å². The van der Waals surface area contributed by atoms with Gasteiger partial charge in [-0.1, -0.05) is 6.07 Å². The minimum Gasteiger partial charge on any atom is -0.481 e. The number of rotatable bonds is 7. The van der Waals surface area contributed by atoms with Crippen molar-refractivity contribution in [1.82, 2.24) is 5.32 Å². The van der Waals surface area contributed by atoms with Crippen LogP contribution >= 0.6 is 0 Å². The molecule has 1 unspecified atom stereocenters. The molecule has 0 aliphatic heterocycles. The molecule has 0 radical (unpaired) electrons. The van der Waals surface area contributed by atoms with Crippen molar-refractivity contribution in [2.45, 2.75) is 39.2 Å². The molecule has 7 nitrogen and oxygen atoms in total. The molecule has 114 valence electrons. The normalized spacial score (nSPS) is 11.7. The summed E-state index contributed by atoms with van der Waals surface area (Å²) in [4.78, 5) is 32.9. The van der Waals surface area contributed by atoms with Gasteiger partial charge in [0, 0.05) is 18.5 Å². The lowest BCUT2D eigenvalue weighted by atomic mass is 10.1. The molecule has 0 aliphatic rings. The summed E-state index contributed by atoms with van der Waals surface area (Å²) in [6, 6.07) is 4.10. The number of aliphatic carboxylic acids is 1. The molecule has 1 aromatic rings. The van der Waals surface area contributed by atoms with Crippen molar-refractivity contribution < 1.29 is 19.6 Å². The van der Waals surface area contributed by atoms with Crippen LogP contribution in [0.2, 0.25) is 0 Å². The van der Waals surface area contributed by atoms with E-state index in [1.165, 1.54) is 12.1 Å². The monoisotopic (exact) mass is 294 g/mol. The average Bonchev–Trinajstić information content (AvgIpc) is 2.37. The standard InChI is InChI=1S/C14H18N2O5/c1-9-6-7-12(16(20)21)11(8-9)14(19)15-10(2)4-3-5-13(17)18/h6-8,10H,3-5H2,1-2H3,(H,15,19)(H,17,18). The number of aryl methyl sites for hydroxylation is 1. The summed E-state index contributed by atoms with van der Waals surface area (Å²) in [6.07, 6.45) is 0.967. The van der Waals surface area contributed by atoms with E-state index in [2.05, 4.69) is 5.32 Å². The lowest BCUT2D eigenvalue weighted by Gasteiger charge is -2.13. The van der Waals surface area contributed by atoms with Crippen LogP contribution < -0.4 is 5.32 Å². The Hall–Kier alpha value is -2.44. The van der Waals surface area contributed by atoms with Crippen molar-refractivity contribution in [2.75, 3.05) is 0 Å². The maximum atomic E-state index is 12.1. The Labute approximate surface area is 122 Å². The summed E-state index contributed by atoms with van der Waals surface area (Å²) >= 11 is 0. The minimum absolute atomic E-state index is 0.0186. The molecule has 0 bridgehead atoms. The first-order valence-corrected chi connectivity index (χ1v) is 6.59. The van der Waals surface area contributed by atoms with E-state index in [1.807, 2.05) is 0 Å². The third kappa shape index (κ3) is 5.21. The van der Waals surface area contributed by atoms with Crippen LogP contribution in [0, 0.1) is 17.0 Å². The maximum absolute atomic E-state index is 12.1. The number of amides is 1. The predicted octanol–water partition coefficient (Wildman–Crippen LogP) is 2.28. The van der Waals surface area contributed by atoms with Gasteiger partial charge in [0.2, 0.25) is 0 Å². The summed E-state index contributed by atoms with van der Waals surface area (Å²) in [5.74, 6) is -1.41. The lowest BCUT2D eigenvalue weighted by molar-refractivity contribution is -0.385. The molecule has 21 heavy (non-hydrogen) atoms. The molecule has 0 heterocycles. The van der Waals surface area contributed by atoms with Gasteiger partial charge in [-0.3, -0.25) is 19.7 Å². The molecule has 0 aliphatic carbocycles. The second-order valence-electron chi connectivity index (χ2n) is 4.94. The molecule has 7 heteroatoms. The topological polar surface area (TPSA) is 110 Å². The molecule has 0 aromatic heterocycles. The largest absolute Gasteiger partial charge is 0.481 e. The van der Waals surface area contributed by atoms with Gasteiger partial charge in [0.15, 0.2) is 0 Å². The first-order valence-electron chi connectivity index (χ1n) is 6.59. The fourth-order valence-corrected chi connectivity index (χ4v) is 1.92. The highest BCUT2D eigenvalue weighted by Gasteiger charge is 2.21. The van der Waals surface area contributed by atoms with Crippen LogP contribution in [-0.4, -0.2) is 27.9 Å². The van der Waals surface area contributed by atoms with Gasteiger partial charge in [0.05, 0.1) is 4.92 Å². The third-order valence-electron chi connectivity index (χ3n) is 3.00. The second-order valence-corrected chi connectivity index (χ2v) is 4.94. The smallest absolute Gasteiger partial charge is 0.303 e. The SMILES string of the molecule is Cc1ccc([N+](=O)[O-])c(C(=O)NC(C)CCCC(=O)O)c1. The molecule has 1 amide bonds. The predicted molar refractivity (Wildman–Crippen MR) is 76.2 cm³/mol. The maximum Gasteiger partial charge on any atom is 0.303 e. The zero-order valence-electron chi connectivity index (χ0n) is 12.0. The minimum atomic E-state index is -0.886. The van der Waals surface area contributed by atoms with Crippen LogP contribution in [-0.2, 0) is 4.79 Å². The molecule has 0 saturated carbocycles. The van der Waals surface area contributed by atoms with E-state index in [4.69, 9.17) is 5.11 Å². The Morgan fingerprint density at radius 3 is 2.67 bits per heavy atom. The van der Waals surface area contributed by atoms with E-state index < -0.39 is 16.8 Å². The number of carboxylic acids is 1. The van der Waals surface area contributed by atoms with Gasteiger partial charge in [-0.2, -0.15) is 0 Å². The number of benzene rings is 1. The Bertz CT molecular complexity index is 556. The van der Waals surface area contributed by atoms with Crippen molar-refractivity contribution in [3.05, 3.63) is 39.4 Å². The van der Waals surface area contributed by atoms with Gasteiger partial charge in [-0.25, -0.2) is 0 Å². The molecular formula is C14H18N2O5. The Morgan fingerprint density at radius 2 is 2.10 bits per heavy atom. The highest BCUT2D eigenvalue weighted by molar-refractivity contribution is 5.98. The summed E-state index contributed by atoms with van der Waals surface area (Å²) in [5.41, 5.74) is 0.533. The number of hydrogen-bond donors (Lipinski definition) is 2. The molecule has 2 N–H and O–H groups in total. The zero-order valence-corrected chi connectivity index (χ0v) is 12.0. The molecule has 1 rings (SSSR count). The van der Waals surface area contributed by atoms with E-state index in [0.717, 1.165) is 5.56 Å². The van der Waals surface area contributed by atoms with Crippen molar-refractivity contribution >= 4 is 17.6 Å². The third-order valence-corrected chi connectivity index (χ3v) is 3.00. The molecule has 0 fully saturated rings. The van der Waals surface area contributed by atoms with Crippen molar-refractivity contribution in [3.8, 4) is 0 Å². The Kier molecular flexibility index (Phi) is 5.83. The van der Waals surface area contributed by atoms with Crippen LogP contribution in [0.15, 0.2) is 18.2 Å². The summed E-state index contributed by atoms with van der Waals surface area (Å²) < 4.78 is 0. The van der Waals surface area contributed by atoms with E-state index in [9.17, 15) is 19.7 Å². The van der Waals surface area contributed by atoms with Gasteiger partial charge in [-0.15, -0.1) is 0 Å². The van der Waals surface area contributed by atoms with Crippen molar-refractivity contribution in [1.29, 1.82) is 0 Å². The van der Waals surface area contributed by atoms with Gasteiger partial charge in [-0.05, 0) is 38.3 Å². The van der Waals surface area contributed by atoms with E-state index in [-0.39, 0.29) is 23.7 Å². The number of carboxylic acid groups (broad SMARTS) is 1. The molecule has 0 spiro atoms. The van der Waals surface area contributed by atoms with Crippen LogP contribution in [0.25, 0.3) is 0 Å². The number of nitro groups is 1. The van der Waals surface area contributed by atoms with Gasteiger partial charge >= 0.3 is 5.97 Å². The summed E-state index contributed by atoms with van der Waals surface area (Å²) in [7, 11) is 0. The molecule has 1 aromatic carbocycles. The number of nitrogens with zero attached hydrogens (tertiary/aromatic N) is 1. The molecule has 1 atom stereocenters. The number of hydrogen-bond acceptors (Lipinski definition) is 4. The van der Waals surface area contributed by atoms with E-state index in [0.29, 0.717) is 12.8 Å². The average molecular weight is 294 g/mol. The first-order chi connectivity index (χ1) is 9.81. The Morgan fingerprint density at radius 1 is 1.43 bits per heavy atom. The second kappa shape index (κ2) is 7.37. The lowest BCUT2D eigenvalue weighted by Crippen LogP contribution is -2.33. The van der Waals surface area contributed by atoms with Crippen LogP contribution in [0.1, 0.15) is 42.1 Å². The molecule has 0 saturated heterocycles. The highest BCUT2D eigenvalue weighted by atomic mass is 16.6. The number of nitro benzene ring substituents is 1. The first kappa shape index (κ1) is 16.6. The van der Waals surface area contributed by atoms with Gasteiger partial charge in [0.1, 0.15) is 5.56 Å². The highest BCUT2D eigenvalue weighted by Crippen LogP contribution is 2.20. The summed E-state index contributed by atoms with van der Waals surface area (Å²) in [6.45, 7) is 3.48. The van der Waals surface area contributed by atoms with Crippen molar-refractivity contribution in [3.63, 3.8) is 0 Å². The van der Waals surface area contributed by atoms with E-state index in [1.54, 1.807) is 19.9 Å². The van der Waals surface area contributed by atoms with E-state index >= 15 is 0 Å².